The number of amides is 1. The number of carbonyl (C=O) groups is 1. The Bertz CT molecular complexity index is 471. The zero-order chi connectivity index (χ0) is 13.9. The Labute approximate surface area is 131 Å². The summed E-state index contributed by atoms with van der Waals surface area (Å²) < 4.78 is 0. The molecule has 1 aromatic rings. The molecule has 1 heterocycles. The van der Waals surface area contributed by atoms with Crippen molar-refractivity contribution in [1.29, 1.82) is 0 Å². The van der Waals surface area contributed by atoms with Gasteiger partial charge >= 0.3 is 0 Å². The lowest BCUT2D eigenvalue weighted by molar-refractivity contribution is 0.0922. The SMILES string of the molecule is Cc1cc(C(=O)NCC2(C)CCNCC2)ccc1Cl.Cl. The molecule has 0 aromatic heterocycles. The average molecular weight is 317 g/mol. The minimum Gasteiger partial charge on any atom is -0.351 e. The van der Waals surface area contributed by atoms with Crippen LogP contribution >= 0.6 is 24.0 Å². The number of hydrogen-bond donors (Lipinski definition) is 2. The van der Waals surface area contributed by atoms with Crippen molar-refractivity contribution in [3.63, 3.8) is 0 Å². The van der Waals surface area contributed by atoms with Crippen LogP contribution in [0.2, 0.25) is 5.02 Å². The largest absolute Gasteiger partial charge is 0.351 e. The molecule has 0 atom stereocenters. The van der Waals surface area contributed by atoms with Crippen LogP contribution in [0.3, 0.4) is 0 Å². The van der Waals surface area contributed by atoms with Crippen molar-refractivity contribution in [1.82, 2.24) is 10.6 Å². The minimum absolute atomic E-state index is 0. The predicted molar refractivity (Wildman–Crippen MR) is 86.0 cm³/mol. The van der Waals surface area contributed by atoms with Crippen LogP contribution in [0, 0.1) is 12.3 Å². The van der Waals surface area contributed by atoms with Gasteiger partial charge in [-0.2, -0.15) is 0 Å². The predicted octanol–water partition coefficient (Wildman–Crippen LogP) is 3.19. The molecule has 0 unspecified atom stereocenters. The molecular weight excluding hydrogens is 295 g/mol. The molecule has 2 rings (SSSR count). The zero-order valence-electron chi connectivity index (χ0n) is 12.0. The highest BCUT2D eigenvalue weighted by molar-refractivity contribution is 6.31. The standard InChI is InChI=1S/C15H21ClN2O.ClH/c1-11-9-12(3-4-13(11)16)14(19)18-10-15(2)5-7-17-8-6-15;/h3-4,9,17H,5-8,10H2,1-2H3,(H,18,19);1H. The van der Waals surface area contributed by atoms with E-state index in [1.54, 1.807) is 12.1 Å². The van der Waals surface area contributed by atoms with Crippen LogP contribution in [-0.4, -0.2) is 25.5 Å². The second kappa shape index (κ2) is 7.30. The van der Waals surface area contributed by atoms with Gasteiger partial charge in [-0.1, -0.05) is 18.5 Å². The first kappa shape index (κ1) is 17.3. The molecule has 2 N–H and O–H groups in total. The summed E-state index contributed by atoms with van der Waals surface area (Å²) in [6.07, 6.45) is 2.21. The highest BCUT2D eigenvalue weighted by atomic mass is 35.5. The van der Waals surface area contributed by atoms with E-state index in [4.69, 9.17) is 11.6 Å². The van der Waals surface area contributed by atoms with Gasteiger partial charge in [0.05, 0.1) is 0 Å². The molecule has 0 bridgehead atoms. The number of piperidine rings is 1. The first-order chi connectivity index (χ1) is 9.00. The van der Waals surface area contributed by atoms with Crippen molar-refractivity contribution in [3.05, 3.63) is 34.3 Å². The molecule has 112 valence electrons. The number of aryl methyl sites for hydroxylation is 1. The second-order valence-corrected chi connectivity index (χ2v) is 6.11. The van der Waals surface area contributed by atoms with E-state index in [-0.39, 0.29) is 23.7 Å². The Morgan fingerprint density at radius 1 is 1.40 bits per heavy atom. The van der Waals surface area contributed by atoms with Crippen LogP contribution < -0.4 is 10.6 Å². The molecule has 3 nitrogen and oxygen atoms in total. The third kappa shape index (κ3) is 4.37. The number of hydrogen-bond acceptors (Lipinski definition) is 2. The fourth-order valence-corrected chi connectivity index (χ4v) is 2.51. The Balaban J connectivity index is 0.00000200. The quantitative estimate of drug-likeness (QED) is 0.899. The van der Waals surface area contributed by atoms with Crippen LogP contribution in [0.1, 0.15) is 35.7 Å². The molecule has 0 spiro atoms. The number of nitrogens with one attached hydrogen (secondary N) is 2. The molecule has 1 aromatic carbocycles. The molecule has 20 heavy (non-hydrogen) atoms. The van der Waals surface area contributed by atoms with Crippen LogP contribution in [0.5, 0.6) is 0 Å². The second-order valence-electron chi connectivity index (χ2n) is 5.71. The number of benzene rings is 1. The van der Waals surface area contributed by atoms with E-state index < -0.39 is 0 Å². The Kier molecular flexibility index (Phi) is 6.31. The summed E-state index contributed by atoms with van der Waals surface area (Å²) in [7, 11) is 0. The van der Waals surface area contributed by atoms with Crippen molar-refractivity contribution in [2.45, 2.75) is 26.7 Å². The lowest BCUT2D eigenvalue weighted by atomic mass is 9.81. The Morgan fingerprint density at radius 3 is 2.65 bits per heavy atom. The number of carbonyl (C=O) groups excluding carboxylic acids is 1. The molecule has 0 saturated carbocycles. The van der Waals surface area contributed by atoms with Crippen molar-refractivity contribution >= 4 is 29.9 Å². The first-order valence-corrected chi connectivity index (χ1v) is 7.13. The van der Waals surface area contributed by atoms with Gasteiger partial charge in [0.25, 0.3) is 5.91 Å². The smallest absolute Gasteiger partial charge is 0.251 e. The van der Waals surface area contributed by atoms with Crippen LogP contribution in [0.15, 0.2) is 18.2 Å². The monoisotopic (exact) mass is 316 g/mol. The molecule has 0 aliphatic carbocycles. The van der Waals surface area contributed by atoms with Crippen molar-refractivity contribution in [2.75, 3.05) is 19.6 Å². The lowest BCUT2D eigenvalue weighted by Crippen LogP contribution is -2.42. The van der Waals surface area contributed by atoms with E-state index in [1.165, 1.54) is 0 Å². The van der Waals surface area contributed by atoms with Crippen molar-refractivity contribution in [3.8, 4) is 0 Å². The fourth-order valence-electron chi connectivity index (χ4n) is 2.39. The molecule has 1 saturated heterocycles. The van der Waals surface area contributed by atoms with Gasteiger partial charge in [0, 0.05) is 17.1 Å². The van der Waals surface area contributed by atoms with E-state index >= 15 is 0 Å². The van der Waals surface area contributed by atoms with Gasteiger partial charge < -0.3 is 10.6 Å². The van der Waals surface area contributed by atoms with E-state index in [9.17, 15) is 4.79 Å². The minimum atomic E-state index is -0.0143. The van der Waals surface area contributed by atoms with Gasteiger partial charge in [-0.15, -0.1) is 12.4 Å². The third-order valence-electron chi connectivity index (χ3n) is 3.91. The summed E-state index contributed by atoms with van der Waals surface area (Å²) in [6.45, 7) is 6.95. The summed E-state index contributed by atoms with van der Waals surface area (Å²) in [6, 6.07) is 5.38. The molecule has 0 radical (unpaired) electrons. The Hall–Kier alpha value is -0.770. The van der Waals surface area contributed by atoms with Crippen LogP contribution in [0.25, 0.3) is 0 Å². The normalized spacial score (nSPS) is 17.1. The van der Waals surface area contributed by atoms with Crippen LogP contribution in [0.4, 0.5) is 0 Å². The topological polar surface area (TPSA) is 41.1 Å². The summed E-state index contributed by atoms with van der Waals surface area (Å²) in [4.78, 5) is 12.1. The van der Waals surface area contributed by atoms with E-state index in [1.807, 2.05) is 13.0 Å². The van der Waals surface area contributed by atoms with Crippen molar-refractivity contribution < 1.29 is 4.79 Å². The van der Waals surface area contributed by atoms with Gasteiger partial charge in [-0.25, -0.2) is 0 Å². The van der Waals surface area contributed by atoms with Crippen LogP contribution in [-0.2, 0) is 0 Å². The first-order valence-electron chi connectivity index (χ1n) is 6.75. The van der Waals surface area contributed by atoms with E-state index in [2.05, 4.69) is 17.6 Å². The molecule has 1 aliphatic heterocycles. The van der Waals surface area contributed by atoms with Gasteiger partial charge in [-0.05, 0) is 62.0 Å². The zero-order valence-corrected chi connectivity index (χ0v) is 13.5. The van der Waals surface area contributed by atoms with Gasteiger partial charge in [-0.3, -0.25) is 4.79 Å². The van der Waals surface area contributed by atoms with Gasteiger partial charge in [0.15, 0.2) is 0 Å². The van der Waals surface area contributed by atoms with Gasteiger partial charge in [0.2, 0.25) is 0 Å². The molecule has 5 heteroatoms. The summed E-state index contributed by atoms with van der Waals surface area (Å²) >= 11 is 5.97. The maximum Gasteiger partial charge on any atom is 0.251 e. The van der Waals surface area contributed by atoms with E-state index in [0.29, 0.717) is 10.6 Å². The highest BCUT2D eigenvalue weighted by Crippen LogP contribution is 2.26. The summed E-state index contributed by atoms with van der Waals surface area (Å²) in [5, 5.41) is 7.09. The summed E-state index contributed by atoms with van der Waals surface area (Å²) in [5.41, 5.74) is 1.82. The maximum absolute atomic E-state index is 12.1. The Morgan fingerprint density at radius 2 is 2.05 bits per heavy atom. The molecular formula is C15H22Cl2N2O. The summed E-state index contributed by atoms with van der Waals surface area (Å²) in [5.74, 6) is -0.0143. The van der Waals surface area contributed by atoms with Gasteiger partial charge in [0.1, 0.15) is 0 Å². The number of rotatable bonds is 3. The third-order valence-corrected chi connectivity index (χ3v) is 4.33. The highest BCUT2D eigenvalue weighted by Gasteiger charge is 2.27. The average Bonchev–Trinajstić information content (AvgIpc) is 2.40. The van der Waals surface area contributed by atoms with Crippen molar-refractivity contribution in [2.24, 2.45) is 5.41 Å². The molecule has 1 aliphatic rings. The van der Waals surface area contributed by atoms with E-state index in [0.717, 1.165) is 38.0 Å². The lowest BCUT2D eigenvalue weighted by Gasteiger charge is -2.34. The maximum atomic E-state index is 12.1. The number of halogens is 2. The molecule has 1 amide bonds. The molecule has 1 fully saturated rings. The fraction of sp³-hybridized carbons (Fsp3) is 0.533.